The molecule has 3 N–H and O–H groups in total. The van der Waals surface area contributed by atoms with E-state index in [1.807, 2.05) is 42.6 Å². The monoisotopic (exact) mass is 410 g/mol. The quantitative estimate of drug-likeness (QED) is 0.329. The average Bonchev–Trinajstić information content (AvgIpc) is 2.75. The van der Waals surface area contributed by atoms with Crippen LogP contribution in [-0.4, -0.2) is 9.97 Å². The average molecular weight is 411 g/mol. The van der Waals surface area contributed by atoms with E-state index >= 15 is 0 Å². The predicted octanol–water partition coefficient (Wildman–Crippen LogP) is 6.49. The maximum absolute atomic E-state index is 6.00. The summed E-state index contributed by atoms with van der Waals surface area (Å²) in [5, 5.41) is 3.39. The smallest absolute Gasteiger partial charge is 0.227 e. The van der Waals surface area contributed by atoms with Crippen molar-refractivity contribution in [3.8, 4) is 0 Å². The summed E-state index contributed by atoms with van der Waals surface area (Å²) in [4.78, 5) is 9.50. The number of nitrogens with two attached hydrogens (primary N) is 1. The zero-order chi connectivity index (χ0) is 22.2. The lowest BCUT2D eigenvalue weighted by atomic mass is 10.00. The third-order valence-corrected chi connectivity index (χ3v) is 4.96. The Morgan fingerprint density at radius 1 is 1.10 bits per heavy atom. The minimum atomic E-state index is 0.578. The number of benzene rings is 2. The van der Waals surface area contributed by atoms with Gasteiger partial charge in [0.1, 0.15) is 0 Å². The lowest BCUT2D eigenvalue weighted by Gasteiger charge is -2.14. The van der Waals surface area contributed by atoms with Gasteiger partial charge in [-0.15, -0.1) is 0 Å². The largest absolute Gasteiger partial charge is 0.399 e. The number of hydrogen-bond acceptors (Lipinski definition) is 4. The van der Waals surface area contributed by atoms with Crippen LogP contribution in [0.1, 0.15) is 43.2 Å². The molecule has 3 rings (SSSR count). The van der Waals surface area contributed by atoms with Gasteiger partial charge < -0.3 is 11.1 Å². The zero-order valence-electron chi connectivity index (χ0n) is 18.5. The summed E-state index contributed by atoms with van der Waals surface area (Å²) in [6, 6.07) is 16.1. The van der Waals surface area contributed by atoms with Crippen LogP contribution >= 0.6 is 0 Å². The van der Waals surface area contributed by atoms with Gasteiger partial charge in [-0.1, -0.05) is 67.6 Å². The van der Waals surface area contributed by atoms with Crippen LogP contribution in [0.2, 0.25) is 0 Å². The number of aromatic nitrogens is 2. The molecule has 0 saturated carbocycles. The Kier molecular flexibility index (Phi) is 7.39. The van der Waals surface area contributed by atoms with Crippen LogP contribution < -0.4 is 11.1 Å². The Bertz CT molecular complexity index is 1120. The van der Waals surface area contributed by atoms with Crippen molar-refractivity contribution >= 4 is 22.9 Å². The Hall–Kier alpha value is -3.66. The van der Waals surface area contributed by atoms with Crippen LogP contribution in [0.5, 0.6) is 0 Å². The highest BCUT2D eigenvalue weighted by molar-refractivity contribution is 5.76. The molecular formula is C27H30N4. The van der Waals surface area contributed by atoms with E-state index in [0.29, 0.717) is 12.4 Å². The molecule has 4 heteroatoms. The molecule has 2 aromatic carbocycles. The molecule has 0 atom stereocenters. The number of nitrogens with zero attached hydrogens (tertiary/aromatic N) is 2. The van der Waals surface area contributed by atoms with Gasteiger partial charge in [0.2, 0.25) is 5.95 Å². The van der Waals surface area contributed by atoms with Crippen LogP contribution in [0, 0.1) is 0 Å². The molecule has 0 radical (unpaired) electrons. The van der Waals surface area contributed by atoms with Gasteiger partial charge in [0.25, 0.3) is 0 Å². The normalized spacial score (nSPS) is 11.1. The first-order valence-corrected chi connectivity index (χ1v) is 10.5. The van der Waals surface area contributed by atoms with Crippen LogP contribution in [0.15, 0.2) is 85.1 Å². The summed E-state index contributed by atoms with van der Waals surface area (Å²) in [5.41, 5.74) is 14.2. The molecule has 0 spiro atoms. The molecule has 0 aliphatic heterocycles. The fourth-order valence-corrected chi connectivity index (χ4v) is 3.34. The topological polar surface area (TPSA) is 63.8 Å². The Balaban J connectivity index is 2.05. The molecule has 158 valence electrons. The maximum Gasteiger partial charge on any atom is 0.227 e. The highest BCUT2D eigenvalue weighted by Crippen LogP contribution is 2.25. The van der Waals surface area contributed by atoms with Crippen molar-refractivity contribution in [2.45, 2.75) is 33.6 Å². The van der Waals surface area contributed by atoms with Gasteiger partial charge in [-0.05, 0) is 55.2 Å². The minimum Gasteiger partial charge on any atom is -0.399 e. The SMILES string of the molecule is C=C/C(=C\C=C(C)C)c1cnc(Nc2ccccc2CC)nc1Cc1cccc(N)c1. The van der Waals surface area contributed by atoms with Crippen LogP contribution in [0.25, 0.3) is 5.57 Å². The summed E-state index contributed by atoms with van der Waals surface area (Å²) < 4.78 is 0. The molecule has 1 heterocycles. The Morgan fingerprint density at radius 3 is 2.61 bits per heavy atom. The third kappa shape index (κ3) is 5.92. The summed E-state index contributed by atoms with van der Waals surface area (Å²) in [5.74, 6) is 0.578. The van der Waals surface area contributed by atoms with E-state index in [9.17, 15) is 0 Å². The second kappa shape index (κ2) is 10.4. The summed E-state index contributed by atoms with van der Waals surface area (Å²) in [6.07, 6.45) is 9.43. The van der Waals surface area contributed by atoms with Gasteiger partial charge >= 0.3 is 0 Å². The summed E-state index contributed by atoms with van der Waals surface area (Å²) in [6.45, 7) is 10.3. The highest BCUT2D eigenvalue weighted by Gasteiger charge is 2.12. The number of nitrogens with one attached hydrogen (secondary N) is 1. The van der Waals surface area contributed by atoms with Gasteiger partial charge in [0.05, 0.1) is 5.69 Å². The Labute approximate surface area is 185 Å². The molecule has 1 aromatic heterocycles. The number of para-hydroxylation sites is 1. The van der Waals surface area contributed by atoms with Crippen molar-refractivity contribution < 1.29 is 0 Å². The number of hydrogen-bond donors (Lipinski definition) is 2. The number of rotatable bonds is 8. The second-order valence-electron chi connectivity index (χ2n) is 7.68. The molecule has 0 amide bonds. The van der Waals surface area contributed by atoms with Gasteiger partial charge in [0, 0.05) is 29.6 Å². The Morgan fingerprint density at radius 2 is 1.90 bits per heavy atom. The molecule has 0 fully saturated rings. The van der Waals surface area contributed by atoms with E-state index in [4.69, 9.17) is 10.7 Å². The van der Waals surface area contributed by atoms with E-state index in [1.165, 1.54) is 11.1 Å². The molecular weight excluding hydrogens is 380 g/mol. The van der Waals surface area contributed by atoms with Gasteiger partial charge in [-0.25, -0.2) is 9.97 Å². The maximum atomic E-state index is 6.00. The molecule has 3 aromatic rings. The molecule has 0 aliphatic rings. The fourth-order valence-electron chi connectivity index (χ4n) is 3.34. The van der Waals surface area contributed by atoms with Gasteiger partial charge in [0.15, 0.2) is 0 Å². The molecule has 31 heavy (non-hydrogen) atoms. The first-order valence-electron chi connectivity index (χ1n) is 10.5. The standard InChI is InChI=1S/C27H30N4/c1-5-21(15-14-19(3)4)24-18-29-27(30-25-13-8-7-11-22(25)6-2)31-26(24)17-20-10-9-12-23(28)16-20/h5,7-16,18H,1,6,17,28H2,2-4H3,(H,29,30,31)/b21-15+. The van der Waals surface area contributed by atoms with Crippen LogP contribution in [0.3, 0.4) is 0 Å². The van der Waals surface area contributed by atoms with Crippen molar-refractivity contribution in [1.29, 1.82) is 0 Å². The first-order chi connectivity index (χ1) is 15.0. The molecule has 0 bridgehead atoms. The number of anilines is 3. The van der Waals surface area contributed by atoms with E-state index in [-0.39, 0.29) is 0 Å². The fraction of sp³-hybridized carbons (Fsp3) is 0.185. The number of nitrogen functional groups attached to an aromatic ring is 1. The van der Waals surface area contributed by atoms with E-state index in [0.717, 1.165) is 40.2 Å². The molecule has 0 saturated heterocycles. The second-order valence-corrected chi connectivity index (χ2v) is 7.68. The van der Waals surface area contributed by atoms with Crippen molar-refractivity contribution in [3.05, 3.63) is 107 Å². The zero-order valence-corrected chi connectivity index (χ0v) is 18.5. The summed E-state index contributed by atoms with van der Waals surface area (Å²) in [7, 11) is 0. The lowest BCUT2D eigenvalue weighted by Crippen LogP contribution is -2.06. The highest BCUT2D eigenvalue weighted by atomic mass is 15.1. The van der Waals surface area contributed by atoms with Crippen molar-refractivity contribution in [2.75, 3.05) is 11.1 Å². The van der Waals surface area contributed by atoms with E-state index in [2.05, 4.69) is 68.0 Å². The first kappa shape index (κ1) is 22.0. The van der Waals surface area contributed by atoms with Crippen LogP contribution in [0.4, 0.5) is 17.3 Å². The predicted molar refractivity (Wildman–Crippen MR) is 132 cm³/mol. The lowest BCUT2D eigenvalue weighted by molar-refractivity contribution is 1.02. The van der Waals surface area contributed by atoms with Gasteiger partial charge in [-0.2, -0.15) is 0 Å². The van der Waals surface area contributed by atoms with E-state index < -0.39 is 0 Å². The van der Waals surface area contributed by atoms with Crippen molar-refractivity contribution in [2.24, 2.45) is 0 Å². The third-order valence-electron chi connectivity index (χ3n) is 4.96. The molecule has 0 unspecified atom stereocenters. The molecule has 0 aliphatic carbocycles. The van der Waals surface area contributed by atoms with Crippen molar-refractivity contribution in [3.63, 3.8) is 0 Å². The van der Waals surface area contributed by atoms with E-state index in [1.54, 1.807) is 0 Å². The van der Waals surface area contributed by atoms with Gasteiger partial charge in [-0.3, -0.25) is 0 Å². The van der Waals surface area contributed by atoms with Crippen LogP contribution in [-0.2, 0) is 12.8 Å². The minimum absolute atomic E-state index is 0.578. The number of aryl methyl sites for hydroxylation is 1. The number of allylic oxidation sites excluding steroid dienone is 5. The molecule has 4 nitrogen and oxygen atoms in total. The summed E-state index contributed by atoms with van der Waals surface area (Å²) >= 11 is 0. The van der Waals surface area contributed by atoms with Crippen molar-refractivity contribution in [1.82, 2.24) is 9.97 Å².